The Morgan fingerprint density at radius 3 is 2.71 bits per heavy atom. The number of carbonyl (C=O) groups is 2. The van der Waals surface area contributed by atoms with E-state index in [1.807, 2.05) is 0 Å². The van der Waals surface area contributed by atoms with E-state index in [2.05, 4.69) is 15.4 Å². The minimum atomic E-state index is -0.491. The number of nitrogens with one attached hydrogen (secondary N) is 2. The van der Waals surface area contributed by atoms with Crippen molar-refractivity contribution in [3.05, 3.63) is 28.8 Å². The molecule has 5 nitrogen and oxygen atoms in total. The summed E-state index contributed by atoms with van der Waals surface area (Å²) in [6, 6.07) is 5.13. The van der Waals surface area contributed by atoms with Crippen LogP contribution in [0.1, 0.15) is 42.5 Å². The van der Waals surface area contributed by atoms with E-state index in [0.29, 0.717) is 17.6 Å². The maximum Gasteiger partial charge on any atom is 0.339 e. The van der Waals surface area contributed by atoms with Crippen LogP contribution < -0.4 is 10.6 Å². The Morgan fingerprint density at radius 2 is 2.04 bits per heavy atom. The van der Waals surface area contributed by atoms with Crippen molar-refractivity contribution in [3.8, 4) is 0 Å². The molecule has 2 aliphatic rings. The van der Waals surface area contributed by atoms with Gasteiger partial charge in [-0.1, -0.05) is 24.4 Å². The van der Waals surface area contributed by atoms with Gasteiger partial charge in [-0.05, 0) is 43.4 Å². The van der Waals surface area contributed by atoms with Gasteiger partial charge >= 0.3 is 5.97 Å². The molecule has 1 saturated carbocycles. The number of methoxy groups -OCH3 is 1. The van der Waals surface area contributed by atoms with Gasteiger partial charge in [0.15, 0.2) is 0 Å². The van der Waals surface area contributed by atoms with E-state index in [4.69, 9.17) is 11.6 Å². The molecule has 132 valence electrons. The quantitative estimate of drug-likeness (QED) is 0.797. The number of benzene rings is 1. The van der Waals surface area contributed by atoms with Gasteiger partial charge in [-0.25, -0.2) is 4.79 Å². The molecule has 3 unspecified atom stereocenters. The van der Waals surface area contributed by atoms with Gasteiger partial charge in [-0.15, -0.1) is 12.4 Å². The lowest BCUT2D eigenvalue weighted by molar-refractivity contribution is -0.117. The third-order valence-electron chi connectivity index (χ3n) is 4.82. The average Bonchev–Trinajstić information content (AvgIpc) is 2.98. The van der Waals surface area contributed by atoms with Crippen LogP contribution in [0.2, 0.25) is 5.02 Å². The van der Waals surface area contributed by atoms with Crippen LogP contribution in [-0.2, 0) is 9.53 Å². The summed E-state index contributed by atoms with van der Waals surface area (Å²) < 4.78 is 4.65. The van der Waals surface area contributed by atoms with E-state index >= 15 is 0 Å². The molecule has 7 heteroatoms. The number of ether oxygens (including phenoxy) is 1. The Kier molecular flexibility index (Phi) is 6.49. The van der Waals surface area contributed by atoms with Gasteiger partial charge in [0.2, 0.25) is 5.91 Å². The van der Waals surface area contributed by atoms with Crippen LogP contribution in [0.4, 0.5) is 5.69 Å². The summed E-state index contributed by atoms with van der Waals surface area (Å²) in [5, 5.41) is 6.59. The maximum absolute atomic E-state index is 12.4. The fourth-order valence-corrected chi connectivity index (χ4v) is 3.88. The molecule has 2 N–H and O–H groups in total. The lowest BCUT2D eigenvalue weighted by Gasteiger charge is -2.24. The number of carbonyl (C=O) groups excluding carboxylic acids is 2. The van der Waals surface area contributed by atoms with Crippen LogP contribution in [0, 0.1) is 5.92 Å². The first-order valence-electron chi connectivity index (χ1n) is 8.03. The molecule has 1 aromatic carbocycles. The summed E-state index contributed by atoms with van der Waals surface area (Å²) in [5.74, 6) is 0.0838. The minimum absolute atomic E-state index is 0. The number of halogens is 2. The molecule has 0 aromatic heterocycles. The molecule has 3 rings (SSSR count). The minimum Gasteiger partial charge on any atom is -0.465 e. The van der Waals surface area contributed by atoms with Crippen molar-refractivity contribution in [2.24, 2.45) is 5.92 Å². The predicted molar refractivity (Wildman–Crippen MR) is 96.0 cm³/mol. The molecule has 1 aliphatic heterocycles. The Balaban J connectivity index is 0.00000208. The molecule has 0 spiro atoms. The van der Waals surface area contributed by atoms with Gasteiger partial charge in [-0.3, -0.25) is 4.79 Å². The highest BCUT2D eigenvalue weighted by atomic mass is 35.5. The molecule has 1 heterocycles. The molecular weight excluding hydrogens is 351 g/mol. The van der Waals surface area contributed by atoms with Crippen LogP contribution in [0.25, 0.3) is 0 Å². The second-order valence-electron chi connectivity index (χ2n) is 6.28. The molecule has 1 amide bonds. The summed E-state index contributed by atoms with van der Waals surface area (Å²) >= 11 is 6.08. The van der Waals surface area contributed by atoms with E-state index < -0.39 is 5.97 Å². The third kappa shape index (κ3) is 4.02. The van der Waals surface area contributed by atoms with Crippen molar-refractivity contribution < 1.29 is 14.3 Å². The summed E-state index contributed by atoms with van der Waals surface area (Å²) in [6.07, 6.45) is 5.77. The third-order valence-corrected chi connectivity index (χ3v) is 5.13. The van der Waals surface area contributed by atoms with Gasteiger partial charge in [0.05, 0.1) is 23.7 Å². The van der Waals surface area contributed by atoms with E-state index in [1.54, 1.807) is 18.2 Å². The number of esters is 1. The first-order valence-corrected chi connectivity index (χ1v) is 8.41. The highest BCUT2D eigenvalue weighted by Gasteiger charge is 2.38. The number of rotatable bonds is 3. The maximum atomic E-state index is 12.4. The summed E-state index contributed by atoms with van der Waals surface area (Å²) in [7, 11) is 1.31. The van der Waals surface area contributed by atoms with Crippen molar-refractivity contribution in [2.75, 3.05) is 12.4 Å². The zero-order valence-electron chi connectivity index (χ0n) is 13.5. The molecular formula is C17H22Cl2N2O3. The fraction of sp³-hybridized carbons (Fsp3) is 0.529. The first-order chi connectivity index (χ1) is 11.1. The zero-order valence-corrected chi connectivity index (χ0v) is 15.1. The Hall–Kier alpha value is -1.30. The summed E-state index contributed by atoms with van der Waals surface area (Å²) in [6.45, 7) is 0. The second-order valence-corrected chi connectivity index (χ2v) is 6.69. The van der Waals surface area contributed by atoms with Crippen LogP contribution in [0.15, 0.2) is 18.2 Å². The summed E-state index contributed by atoms with van der Waals surface area (Å²) in [5.41, 5.74) is 0.876. The standard InChI is InChI=1S/C17H21ClN2O3.ClH/c1-23-17(22)12-7-6-11(9-13(12)18)19-16(21)15-8-10-4-2-3-5-14(10)20-15;/h6-7,9-10,14-15,20H,2-5,8H2,1H3,(H,19,21);1H. The van der Waals surface area contributed by atoms with Crippen molar-refractivity contribution in [1.29, 1.82) is 0 Å². The van der Waals surface area contributed by atoms with Gasteiger partial charge in [0.1, 0.15) is 0 Å². The lowest BCUT2D eigenvalue weighted by Crippen LogP contribution is -2.39. The number of amides is 1. The SMILES string of the molecule is COC(=O)c1ccc(NC(=O)C2CC3CCCCC3N2)cc1Cl.Cl. The molecule has 24 heavy (non-hydrogen) atoms. The molecule has 1 saturated heterocycles. The van der Waals surface area contributed by atoms with Crippen molar-refractivity contribution >= 4 is 41.6 Å². The molecule has 0 radical (unpaired) electrons. The number of anilines is 1. The second kappa shape index (κ2) is 8.19. The number of hydrogen-bond donors (Lipinski definition) is 2. The van der Waals surface area contributed by atoms with Crippen molar-refractivity contribution in [3.63, 3.8) is 0 Å². The zero-order chi connectivity index (χ0) is 16.4. The molecule has 3 atom stereocenters. The lowest BCUT2D eigenvalue weighted by atomic mass is 9.85. The highest BCUT2D eigenvalue weighted by molar-refractivity contribution is 6.34. The fourth-order valence-electron chi connectivity index (χ4n) is 3.62. The monoisotopic (exact) mass is 372 g/mol. The molecule has 1 aromatic rings. The van der Waals surface area contributed by atoms with E-state index in [0.717, 1.165) is 12.8 Å². The van der Waals surface area contributed by atoms with Crippen molar-refractivity contribution in [1.82, 2.24) is 5.32 Å². The van der Waals surface area contributed by atoms with E-state index in [-0.39, 0.29) is 34.9 Å². The summed E-state index contributed by atoms with van der Waals surface area (Å²) in [4.78, 5) is 24.0. The molecule has 1 aliphatic carbocycles. The van der Waals surface area contributed by atoms with Crippen LogP contribution in [0.3, 0.4) is 0 Å². The largest absolute Gasteiger partial charge is 0.465 e. The van der Waals surface area contributed by atoms with Crippen LogP contribution in [0.5, 0.6) is 0 Å². The Labute approximate surface area is 152 Å². The van der Waals surface area contributed by atoms with Crippen molar-refractivity contribution in [2.45, 2.75) is 44.2 Å². The van der Waals surface area contributed by atoms with Crippen LogP contribution in [-0.4, -0.2) is 31.1 Å². The average molecular weight is 373 g/mol. The first kappa shape index (κ1) is 19.0. The highest BCUT2D eigenvalue weighted by Crippen LogP contribution is 2.33. The predicted octanol–water partition coefficient (Wildman–Crippen LogP) is 3.41. The van der Waals surface area contributed by atoms with Gasteiger partial charge < -0.3 is 15.4 Å². The number of fused-ring (bicyclic) bond motifs is 1. The van der Waals surface area contributed by atoms with Gasteiger partial charge in [0, 0.05) is 11.7 Å². The normalized spacial score (nSPS) is 25.3. The smallest absolute Gasteiger partial charge is 0.339 e. The Morgan fingerprint density at radius 1 is 1.29 bits per heavy atom. The van der Waals surface area contributed by atoms with E-state index in [1.165, 1.54) is 26.4 Å². The Bertz CT molecular complexity index is 610. The van der Waals surface area contributed by atoms with Crippen LogP contribution >= 0.6 is 24.0 Å². The molecule has 0 bridgehead atoms. The topological polar surface area (TPSA) is 67.4 Å². The molecule has 2 fully saturated rings. The van der Waals surface area contributed by atoms with E-state index in [9.17, 15) is 9.59 Å². The van der Waals surface area contributed by atoms with Gasteiger partial charge in [0.25, 0.3) is 0 Å². The number of hydrogen-bond acceptors (Lipinski definition) is 4. The van der Waals surface area contributed by atoms with Gasteiger partial charge in [-0.2, -0.15) is 0 Å².